The Morgan fingerprint density at radius 3 is 2.28 bits per heavy atom. The molecule has 3 amide bonds. The fourth-order valence-corrected chi connectivity index (χ4v) is 4.51. The average molecular weight is 454 g/mol. The van der Waals surface area contributed by atoms with Crippen molar-refractivity contribution in [2.24, 2.45) is 5.92 Å². The van der Waals surface area contributed by atoms with E-state index in [-0.39, 0.29) is 23.6 Å². The second-order valence-corrected chi connectivity index (χ2v) is 9.59. The molecule has 2 aromatic carbocycles. The summed E-state index contributed by atoms with van der Waals surface area (Å²) in [5, 5.41) is 5.75. The third-order valence-corrected chi connectivity index (χ3v) is 6.51. The number of anilines is 1. The summed E-state index contributed by atoms with van der Waals surface area (Å²) in [7, 11) is 0. The molecule has 0 radical (unpaired) electrons. The third kappa shape index (κ3) is 6.36. The quantitative estimate of drug-likeness (QED) is 0.673. The number of carbonyl (C=O) groups is 3. The summed E-state index contributed by atoms with van der Waals surface area (Å²) >= 11 is 1.88. The number of rotatable bonds is 7. The van der Waals surface area contributed by atoms with Crippen LogP contribution in [-0.2, 0) is 16.0 Å². The molecule has 0 bridgehead atoms. The second-order valence-electron chi connectivity index (χ2n) is 8.37. The van der Waals surface area contributed by atoms with Crippen LogP contribution in [0.15, 0.2) is 48.5 Å². The topological polar surface area (TPSA) is 78.5 Å². The summed E-state index contributed by atoms with van der Waals surface area (Å²) in [5.41, 5.74) is 2.98. The zero-order chi connectivity index (χ0) is 23.1. The molecule has 170 valence electrons. The molecule has 0 saturated carbocycles. The minimum atomic E-state index is -0.666. The number of amides is 3. The van der Waals surface area contributed by atoms with Gasteiger partial charge in [0.15, 0.2) is 0 Å². The zero-order valence-electron chi connectivity index (χ0n) is 18.9. The van der Waals surface area contributed by atoms with Gasteiger partial charge in [0.1, 0.15) is 6.04 Å². The maximum absolute atomic E-state index is 12.9. The van der Waals surface area contributed by atoms with Crippen LogP contribution in [0.1, 0.15) is 35.3 Å². The first-order valence-electron chi connectivity index (χ1n) is 11.0. The van der Waals surface area contributed by atoms with E-state index in [0.29, 0.717) is 17.7 Å². The van der Waals surface area contributed by atoms with Crippen LogP contribution in [0.2, 0.25) is 0 Å². The number of carbonyl (C=O) groups excluding carboxylic acids is 3. The van der Waals surface area contributed by atoms with Crippen LogP contribution in [0.3, 0.4) is 0 Å². The van der Waals surface area contributed by atoms with E-state index in [9.17, 15) is 14.4 Å². The Balaban J connectivity index is 1.59. The highest BCUT2D eigenvalue weighted by Gasteiger charge is 2.25. The highest BCUT2D eigenvalue weighted by molar-refractivity contribution is 7.99. The van der Waals surface area contributed by atoms with Gasteiger partial charge in [-0.3, -0.25) is 14.4 Å². The number of thioether (sulfide) groups is 1. The summed E-state index contributed by atoms with van der Waals surface area (Å²) in [4.78, 5) is 39.9. The van der Waals surface area contributed by atoms with Gasteiger partial charge in [-0.2, -0.15) is 11.8 Å². The van der Waals surface area contributed by atoms with Crippen molar-refractivity contribution in [2.75, 3.05) is 29.9 Å². The van der Waals surface area contributed by atoms with Gasteiger partial charge in [-0.05, 0) is 42.2 Å². The van der Waals surface area contributed by atoms with Gasteiger partial charge in [-0.1, -0.05) is 44.2 Å². The summed E-state index contributed by atoms with van der Waals surface area (Å²) in [5.74, 6) is 1.52. The van der Waals surface area contributed by atoms with Crippen molar-refractivity contribution in [3.05, 3.63) is 65.2 Å². The standard InChI is InChI=1S/C25H31N3O3S/c1-17(2)23(27-24(30)21-7-5-4-6-18(21)3)25(31)26-20-10-8-19(9-11-20)16-22(29)28-12-14-32-15-13-28/h4-11,17,23H,12-16H2,1-3H3,(H,26,31)(H,27,30). The van der Waals surface area contributed by atoms with E-state index >= 15 is 0 Å². The normalized spacial score (nSPS) is 14.7. The third-order valence-electron chi connectivity index (χ3n) is 5.57. The fraction of sp³-hybridized carbons (Fsp3) is 0.400. The van der Waals surface area contributed by atoms with E-state index in [0.717, 1.165) is 35.7 Å². The molecule has 1 fully saturated rings. The molecular weight excluding hydrogens is 422 g/mol. The van der Waals surface area contributed by atoms with E-state index in [2.05, 4.69) is 10.6 Å². The molecule has 7 heteroatoms. The Morgan fingerprint density at radius 2 is 1.66 bits per heavy atom. The molecule has 0 aromatic heterocycles. The molecule has 1 aliphatic heterocycles. The zero-order valence-corrected chi connectivity index (χ0v) is 19.7. The van der Waals surface area contributed by atoms with Crippen molar-refractivity contribution in [1.82, 2.24) is 10.2 Å². The van der Waals surface area contributed by atoms with Crippen LogP contribution in [0.5, 0.6) is 0 Å². The van der Waals surface area contributed by atoms with Crippen molar-refractivity contribution in [1.29, 1.82) is 0 Å². The molecule has 1 atom stereocenters. The summed E-state index contributed by atoms with van der Waals surface area (Å²) in [6, 6.07) is 14.0. The van der Waals surface area contributed by atoms with Gasteiger partial charge in [0.2, 0.25) is 11.8 Å². The molecule has 1 unspecified atom stereocenters. The number of benzene rings is 2. The molecule has 2 aromatic rings. The molecule has 2 N–H and O–H groups in total. The number of hydrogen-bond acceptors (Lipinski definition) is 4. The first-order valence-corrected chi connectivity index (χ1v) is 12.1. The van der Waals surface area contributed by atoms with E-state index in [1.54, 1.807) is 18.2 Å². The lowest BCUT2D eigenvalue weighted by molar-refractivity contribution is -0.130. The molecule has 1 aliphatic rings. The van der Waals surface area contributed by atoms with Gasteiger partial charge >= 0.3 is 0 Å². The Hall–Kier alpha value is -2.80. The molecule has 1 heterocycles. The minimum Gasteiger partial charge on any atom is -0.341 e. The van der Waals surface area contributed by atoms with Crippen LogP contribution in [-0.4, -0.2) is 53.3 Å². The Morgan fingerprint density at radius 1 is 1.00 bits per heavy atom. The lowest BCUT2D eigenvalue weighted by Gasteiger charge is -2.26. The van der Waals surface area contributed by atoms with Gasteiger partial charge in [0, 0.05) is 35.8 Å². The van der Waals surface area contributed by atoms with Crippen molar-refractivity contribution >= 4 is 35.2 Å². The van der Waals surface area contributed by atoms with Crippen LogP contribution >= 0.6 is 11.8 Å². The van der Waals surface area contributed by atoms with E-state index < -0.39 is 6.04 Å². The predicted molar refractivity (Wildman–Crippen MR) is 130 cm³/mol. The highest BCUT2D eigenvalue weighted by Crippen LogP contribution is 2.15. The monoisotopic (exact) mass is 453 g/mol. The number of aryl methyl sites for hydroxylation is 1. The van der Waals surface area contributed by atoms with Crippen molar-refractivity contribution in [3.8, 4) is 0 Å². The van der Waals surface area contributed by atoms with Gasteiger partial charge in [0.05, 0.1) is 6.42 Å². The van der Waals surface area contributed by atoms with Crippen molar-refractivity contribution < 1.29 is 14.4 Å². The lowest BCUT2D eigenvalue weighted by atomic mass is 10.0. The first kappa shape index (κ1) is 23.9. The molecule has 3 rings (SSSR count). The van der Waals surface area contributed by atoms with E-state index in [4.69, 9.17) is 0 Å². The smallest absolute Gasteiger partial charge is 0.252 e. The molecule has 0 spiro atoms. The van der Waals surface area contributed by atoms with Gasteiger partial charge in [-0.15, -0.1) is 0 Å². The van der Waals surface area contributed by atoms with Crippen molar-refractivity contribution in [3.63, 3.8) is 0 Å². The Kier molecular flexibility index (Phi) is 8.33. The summed E-state index contributed by atoms with van der Waals surface area (Å²) in [6.07, 6.45) is 0.361. The summed E-state index contributed by atoms with van der Waals surface area (Å²) < 4.78 is 0. The Bertz CT molecular complexity index is 953. The van der Waals surface area contributed by atoms with Crippen molar-refractivity contribution in [2.45, 2.75) is 33.2 Å². The summed E-state index contributed by atoms with van der Waals surface area (Å²) in [6.45, 7) is 7.28. The first-order chi connectivity index (χ1) is 15.3. The molecule has 0 aliphatic carbocycles. The maximum Gasteiger partial charge on any atom is 0.252 e. The van der Waals surface area contributed by atoms with Gasteiger partial charge < -0.3 is 15.5 Å². The molecule has 32 heavy (non-hydrogen) atoms. The number of nitrogens with zero attached hydrogens (tertiary/aromatic N) is 1. The molecule has 6 nitrogen and oxygen atoms in total. The Labute approximate surface area is 194 Å². The fourth-order valence-electron chi connectivity index (χ4n) is 3.61. The predicted octanol–water partition coefficient (Wildman–Crippen LogP) is 3.51. The lowest BCUT2D eigenvalue weighted by Crippen LogP contribution is -2.47. The number of nitrogens with one attached hydrogen (secondary N) is 2. The SMILES string of the molecule is Cc1ccccc1C(=O)NC(C(=O)Nc1ccc(CC(=O)N2CCSCC2)cc1)C(C)C. The maximum atomic E-state index is 12.9. The molecular formula is C25H31N3O3S. The van der Waals surface area contributed by atoms with E-state index in [1.165, 1.54) is 0 Å². The van der Waals surface area contributed by atoms with Crippen LogP contribution in [0.25, 0.3) is 0 Å². The van der Waals surface area contributed by atoms with Crippen LogP contribution in [0, 0.1) is 12.8 Å². The second kappa shape index (κ2) is 11.2. The van der Waals surface area contributed by atoms with Gasteiger partial charge in [-0.25, -0.2) is 0 Å². The molecule has 1 saturated heterocycles. The van der Waals surface area contributed by atoms with Gasteiger partial charge in [0.25, 0.3) is 5.91 Å². The largest absolute Gasteiger partial charge is 0.341 e. The average Bonchev–Trinajstić information content (AvgIpc) is 2.79. The minimum absolute atomic E-state index is 0.0810. The number of hydrogen-bond donors (Lipinski definition) is 2. The van der Waals surface area contributed by atoms with Crippen LogP contribution in [0.4, 0.5) is 5.69 Å². The highest BCUT2D eigenvalue weighted by atomic mass is 32.2. The van der Waals surface area contributed by atoms with E-state index in [1.807, 2.05) is 67.8 Å². The van der Waals surface area contributed by atoms with Crippen LogP contribution < -0.4 is 10.6 Å².